The van der Waals surface area contributed by atoms with Crippen molar-refractivity contribution in [3.05, 3.63) is 29.8 Å². The first-order valence-electron chi connectivity index (χ1n) is 4.77. The van der Waals surface area contributed by atoms with Gasteiger partial charge in [0.1, 0.15) is 11.8 Å². The molecule has 0 aromatic heterocycles. The molecule has 0 fully saturated rings. The molecule has 0 bridgehead atoms. The van der Waals surface area contributed by atoms with Crippen LogP contribution < -0.4 is 4.74 Å². The summed E-state index contributed by atoms with van der Waals surface area (Å²) in [5.41, 5.74) is -0.635. The van der Waals surface area contributed by atoms with Crippen molar-refractivity contribution in [2.75, 3.05) is 7.11 Å². The minimum absolute atomic E-state index is 0.486. The molecule has 0 saturated heterocycles. The van der Waals surface area contributed by atoms with Gasteiger partial charge in [-0.3, -0.25) is 4.79 Å². The van der Waals surface area contributed by atoms with E-state index in [9.17, 15) is 4.79 Å². The molecule has 0 saturated carbocycles. The quantitative estimate of drug-likeness (QED) is 0.729. The monoisotopic (exact) mass is 219 g/mol. The normalized spacial score (nSPS) is 13.4. The van der Waals surface area contributed by atoms with E-state index in [1.165, 1.54) is 6.92 Å². The predicted octanol–water partition coefficient (Wildman–Crippen LogP) is 2.00. The lowest BCUT2D eigenvalue weighted by Gasteiger charge is -2.21. The van der Waals surface area contributed by atoms with Crippen LogP contribution in [0.1, 0.15) is 19.4 Å². The van der Waals surface area contributed by atoms with Gasteiger partial charge >= 0.3 is 5.97 Å². The SMILES string of the molecule is COc1ccc([C@@](C)(C#N)OC(C)=O)cc1. The van der Waals surface area contributed by atoms with Crippen LogP contribution in [0, 0.1) is 11.3 Å². The molecule has 1 aromatic rings. The highest BCUT2D eigenvalue weighted by Crippen LogP contribution is 2.26. The molecule has 4 heteroatoms. The molecule has 0 aliphatic carbocycles. The molecule has 0 heterocycles. The minimum Gasteiger partial charge on any atom is -0.497 e. The number of esters is 1. The largest absolute Gasteiger partial charge is 0.497 e. The zero-order valence-electron chi connectivity index (χ0n) is 9.48. The first-order valence-corrected chi connectivity index (χ1v) is 4.77. The Morgan fingerprint density at radius 1 is 1.38 bits per heavy atom. The fourth-order valence-electron chi connectivity index (χ4n) is 1.34. The molecule has 84 valence electrons. The summed E-state index contributed by atoms with van der Waals surface area (Å²) in [5, 5.41) is 9.06. The van der Waals surface area contributed by atoms with Gasteiger partial charge in [-0.2, -0.15) is 5.26 Å². The van der Waals surface area contributed by atoms with Gasteiger partial charge in [-0.1, -0.05) is 12.1 Å². The van der Waals surface area contributed by atoms with E-state index >= 15 is 0 Å². The Morgan fingerprint density at radius 2 is 1.94 bits per heavy atom. The van der Waals surface area contributed by atoms with Crippen molar-refractivity contribution in [1.29, 1.82) is 5.26 Å². The molecule has 0 spiro atoms. The van der Waals surface area contributed by atoms with Gasteiger partial charge in [0.05, 0.1) is 7.11 Å². The van der Waals surface area contributed by atoms with Crippen LogP contribution in [0.2, 0.25) is 0 Å². The van der Waals surface area contributed by atoms with E-state index < -0.39 is 11.6 Å². The molecule has 0 aliphatic heterocycles. The van der Waals surface area contributed by atoms with Gasteiger partial charge in [-0.05, 0) is 19.1 Å². The summed E-state index contributed by atoms with van der Waals surface area (Å²) in [4.78, 5) is 10.9. The molecule has 1 rings (SSSR count). The van der Waals surface area contributed by atoms with Gasteiger partial charge in [-0.25, -0.2) is 0 Å². The number of ether oxygens (including phenoxy) is 2. The van der Waals surface area contributed by atoms with Gasteiger partial charge in [0, 0.05) is 12.5 Å². The van der Waals surface area contributed by atoms with Crippen molar-refractivity contribution in [2.24, 2.45) is 0 Å². The Balaban J connectivity index is 3.04. The first-order chi connectivity index (χ1) is 7.51. The second-order valence-electron chi connectivity index (χ2n) is 3.47. The summed E-state index contributed by atoms with van der Waals surface area (Å²) in [6.45, 7) is 2.83. The van der Waals surface area contributed by atoms with Gasteiger partial charge < -0.3 is 9.47 Å². The van der Waals surface area contributed by atoms with E-state index in [4.69, 9.17) is 14.7 Å². The van der Waals surface area contributed by atoms with E-state index in [1.807, 2.05) is 6.07 Å². The number of rotatable bonds is 3. The van der Waals surface area contributed by atoms with E-state index in [1.54, 1.807) is 38.3 Å². The number of methoxy groups -OCH3 is 1. The van der Waals surface area contributed by atoms with Crippen LogP contribution >= 0.6 is 0 Å². The number of carbonyl (C=O) groups is 1. The van der Waals surface area contributed by atoms with Crippen LogP contribution in [0.15, 0.2) is 24.3 Å². The van der Waals surface area contributed by atoms with E-state index in [0.717, 1.165) is 0 Å². The minimum atomic E-state index is -1.25. The highest BCUT2D eigenvalue weighted by molar-refractivity contribution is 5.67. The Morgan fingerprint density at radius 3 is 2.31 bits per heavy atom. The topological polar surface area (TPSA) is 59.3 Å². The summed E-state index contributed by atoms with van der Waals surface area (Å²) in [6, 6.07) is 8.81. The zero-order valence-corrected chi connectivity index (χ0v) is 9.48. The molecule has 0 N–H and O–H groups in total. The van der Waals surface area contributed by atoms with Crippen LogP contribution in [-0.2, 0) is 15.1 Å². The fraction of sp³-hybridized carbons (Fsp3) is 0.333. The number of benzene rings is 1. The third-order valence-electron chi connectivity index (χ3n) is 2.20. The number of hydrogen-bond donors (Lipinski definition) is 0. The summed E-state index contributed by atoms with van der Waals surface area (Å²) >= 11 is 0. The number of hydrogen-bond acceptors (Lipinski definition) is 4. The summed E-state index contributed by atoms with van der Waals surface area (Å²) < 4.78 is 10.0. The molecule has 1 atom stereocenters. The van der Waals surface area contributed by atoms with Crippen molar-refractivity contribution in [3.8, 4) is 11.8 Å². The number of carbonyl (C=O) groups excluding carboxylic acids is 1. The second kappa shape index (κ2) is 4.67. The van der Waals surface area contributed by atoms with E-state index in [0.29, 0.717) is 11.3 Å². The lowest BCUT2D eigenvalue weighted by molar-refractivity contribution is -0.151. The third kappa shape index (κ3) is 2.51. The van der Waals surface area contributed by atoms with Crippen molar-refractivity contribution >= 4 is 5.97 Å². The standard InChI is InChI=1S/C12H13NO3/c1-9(14)16-12(2,8-13)10-4-6-11(15-3)7-5-10/h4-7H,1-3H3/t12-/m1/s1. The van der Waals surface area contributed by atoms with E-state index in [-0.39, 0.29) is 0 Å². The van der Waals surface area contributed by atoms with Crippen molar-refractivity contribution in [3.63, 3.8) is 0 Å². The first kappa shape index (κ1) is 12.1. The van der Waals surface area contributed by atoms with Crippen LogP contribution in [0.3, 0.4) is 0 Å². The molecular formula is C12H13NO3. The molecule has 1 aromatic carbocycles. The Bertz CT molecular complexity index is 419. The second-order valence-corrected chi connectivity index (χ2v) is 3.47. The number of nitrogens with zero attached hydrogens (tertiary/aromatic N) is 1. The summed E-state index contributed by atoms with van der Waals surface area (Å²) in [6.07, 6.45) is 0. The van der Waals surface area contributed by atoms with Gasteiger partial charge in [-0.15, -0.1) is 0 Å². The lowest BCUT2D eigenvalue weighted by Crippen LogP contribution is -2.26. The lowest BCUT2D eigenvalue weighted by atomic mass is 9.97. The van der Waals surface area contributed by atoms with E-state index in [2.05, 4.69) is 0 Å². The third-order valence-corrected chi connectivity index (χ3v) is 2.20. The highest BCUT2D eigenvalue weighted by atomic mass is 16.6. The molecule has 4 nitrogen and oxygen atoms in total. The Labute approximate surface area is 94.4 Å². The predicted molar refractivity (Wildman–Crippen MR) is 57.7 cm³/mol. The van der Waals surface area contributed by atoms with Gasteiger partial charge in [0.15, 0.2) is 0 Å². The molecule has 16 heavy (non-hydrogen) atoms. The summed E-state index contributed by atoms with van der Waals surface area (Å²) in [7, 11) is 1.56. The highest BCUT2D eigenvalue weighted by Gasteiger charge is 2.29. The van der Waals surface area contributed by atoms with Crippen LogP contribution in [-0.4, -0.2) is 13.1 Å². The average Bonchev–Trinajstić information content (AvgIpc) is 2.28. The summed E-state index contributed by atoms with van der Waals surface area (Å²) in [5.74, 6) is 0.201. The Hall–Kier alpha value is -2.02. The molecule has 0 radical (unpaired) electrons. The average molecular weight is 219 g/mol. The zero-order chi connectivity index (χ0) is 12.2. The maximum absolute atomic E-state index is 10.9. The maximum atomic E-state index is 10.9. The molecular weight excluding hydrogens is 206 g/mol. The smallest absolute Gasteiger partial charge is 0.304 e. The number of nitriles is 1. The van der Waals surface area contributed by atoms with Gasteiger partial charge in [0.2, 0.25) is 5.60 Å². The van der Waals surface area contributed by atoms with Crippen LogP contribution in [0.25, 0.3) is 0 Å². The molecule has 0 amide bonds. The van der Waals surface area contributed by atoms with Crippen LogP contribution in [0.4, 0.5) is 0 Å². The van der Waals surface area contributed by atoms with Gasteiger partial charge in [0.25, 0.3) is 0 Å². The van der Waals surface area contributed by atoms with Crippen LogP contribution in [0.5, 0.6) is 5.75 Å². The fourth-order valence-corrected chi connectivity index (χ4v) is 1.34. The maximum Gasteiger partial charge on any atom is 0.304 e. The van der Waals surface area contributed by atoms with Crippen molar-refractivity contribution in [1.82, 2.24) is 0 Å². The Kier molecular flexibility index (Phi) is 3.51. The van der Waals surface area contributed by atoms with Crippen molar-refractivity contribution < 1.29 is 14.3 Å². The molecule has 0 unspecified atom stereocenters. The van der Waals surface area contributed by atoms with Crippen molar-refractivity contribution in [2.45, 2.75) is 19.4 Å². The molecule has 0 aliphatic rings.